The summed E-state index contributed by atoms with van der Waals surface area (Å²) < 4.78 is 15.7. The van der Waals surface area contributed by atoms with Crippen LogP contribution in [0, 0.1) is 0 Å². The maximum atomic E-state index is 6.07. The first kappa shape index (κ1) is 39.2. The quantitative estimate of drug-likeness (QED) is 0.172. The van der Waals surface area contributed by atoms with Gasteiger partial charge >= 0.3 is 0 Å². The Balaban J connectivity index is 0.000000132. The van der Waals surface area contributed by atoms with Gasteiger partial charge in [-0.3, -0.25) is 0 Å². The van der Waals surface area contributed by atoms with Crippen LogP contribution in [-0.4, -0.2) is 9.13 Å². The smallest absolute Gasteiger partial charge is 0.135 e. The number of nitrogens with zero attached hydrogens (tertiary/aromatic N) is 2. The number of hydrogen-bond donors (Lipinski definition) is 0. The van der Waals surface area contributed by atoms with E-state index in [1.165, 1.54) is 91.7 Å². The summed E-state index contributed by atoms with van der Waals surface area (Å²) in [5, 5.41) is 10.00. The molecule has 4 aromatic heterocycles. The zero-order valence-corrected chi connectivity index (χ0v) is 39.2. The van der Waals surface area contributed by atoms with Crippen molar-refractivity contribution in [3.05, 3.63) is 227 Å². The SMILES string of the molecule is Brc1cccc(-c2ccc3c4ccccc4n(-c4ccc5oc6ccccc6c5c4)c3c2)c1.Brc1cccc(-c2ccc3c4ccccc4n(-c4cccc5sc6ccccc6c45)c3c2)c1. The van der Waals surface area contributed by atoms with Crippen LogP contribution in [0.5, 0.6) is 0 Å². The molecule has 0 aliphatic rings. The van der Waals surface area contributed by atoms with Crippen LogP contribution in [0.1, 0.15) is 0 Å². The van der Waals surface area contributed by atoms with E-state index in [1.54, 1.807) is 0 Å². The van der Waals surface area contributed by atoms with E-state index < -0.39 is 0 Å². The van der Waals surface area contributed by atoms with Gasteiger partial charge in [-0.2, -0.15) is 0 Å². The molecule has 0 amide bonds. The van der Waals surface area contributed by atoms with Crippen molar-refractivity contribution in [2.24, 2.45) is 0 Å². The van der Waals surface area contributed by atoms with Gasteiger partial charge in [0.05, 0.1) is 27.8 Å². The van der Waals surface area contributed by atoms with E-state index in [2.05, 4.69) is 247 Å². The fourth-order valence-electron chi connectivity index (χ4n) is 9.97. The number of aromatic nitrogens is 2. The molecule has 0 aliphatic carbocycles. The Bertz CT molecular complexity index is 4230. The third-order valence-electron chi connectivity index (χ3n) is 12.9. The molecule has 66 heavy (non-hydrogen) atoms. The van der Waals surface area contributed by atoms with Crippen LogP contribution in [0.3, 0.4) is 0 Å². The molecule has 4 heterocycles. The maximum Gasteiger partial charge on any atom is 0.135 e. The molecule has 0 aliphatic heterocycles. The van der Waals surface area contributed by atoms with Crippen LogP contribution in [-0.2, 0) is 0 Å². The van der Waals surface area contributed by atoms with Gasteiger partial charge in [-0.25, -0.2) is 0 Å². The Morgan fingerprint density at radius 3 is 1.53 bits per heavy atom. The monoisotopic (exact) mass is 990 g/mol. The highest BCUT2D eigenvalue weighted by molar-refractivity contribution is 9.10. The van der Waals surface area contributed by atoms with Crippen LogP contribution >= 0.6 is 43.2 Å². The molecule has 0 bridgehead atoms. The van der Waals surface area contributed by atoms with Crippen LogP contribution < -0.4 is 0 Å². The fraction of sp³-hybridized carbons (Fsp3) is 0. The second kappa shape index (κ2) is 15.7. The summed E-state index contributed by atoms with van der Waals surface area (Å²) in [6, 6.07) is 78.1. The van der Waals surface area contributed by atoms with Gasteiger partial charge < -0.3 is 13.6 Å². The average molecular weight is 993 g/mol. The van der Waals surface area contributed by atoms with Crippen molar-refractivity contribution in [3.63, 3.8) is 0 Å². The lowest BCUT2D eigenvalue weighted by Gasteiger charge is -2.11. The van der Waals surface area contributed by atoms with Crippen molar-refractivity contribution < 1.29 is 4.42 Å². The number of para-hydroxylation sites is 3. The van der Waals surface area contributed by atoms with Gasteiger partial charge in [0, 0.05) is 67.1 Å². The number of thiophene rings is 1. The molecule has 312 valence electrons. The molecular weight excluding hydrogens is 957 g/mol. The third kappa shape index (κ3) is 6.43. The van der Waals surface area contributed by atoms with Gasteiger partial charge in [-0.15, -0.1) is 11.3 Å². The highest BCUT2D eigenvalue weighted by Gasteiger charge is 2.18. The number of hydrogen-bond acceptors (Lipinski definition) is 2. The lowest BCUT2D eigenvalue weighted by atomic mass is 10.0. The Morgan fingerprint density at radius 1 is 0.333 bits per heavy atom. The molecule has 0 spiro atoms. The molecule has 0 fully saturated rings. The first-order valence-electron chi connectivity index (χ1n) is 21.9. The molecule has 0 N–H and O–H groups in total. The summed E-state index contributed by atoms with van der Waals surface area (Å²) in [6.07, 6.45) is 0. The highest BCUT2D eigenvalue weighted by atomic mass is 79.9. The van der Waals surface area contributed by atoms with Crippen LogP contribution in [0.25, 0.3) is 119 Å². The summed E-state index contributed by atoms with van der Waals surface area (Å²) in [5.41, 5.74) is 13.9. The second-order valence-electron chi connectivity index (χ2n) is 16.7. The molecule has 14 aromatic rings. The largest absolute Gasteiger partial charge is 0.456 e. The maximum absolute atomic E-state index is 6.07. The van der Waals surface area contributed by atoms with Gasteiger partial charge in [0.15, 0.2) is 0 Å². The number of fused-ring (bicyclic) bond motifs is 12. The fourth-order valence-corrected chi connectivity index (χ4v) is 11.9. The summed E-state index contributed by atoms with van der Waals surface area (Å²) in [4.78, 5) is 0. The standard InChI is InChI=1S/C30H18BrNO.C30H18BrNS/c31-21-7-5-6-19(16-21)20-12-14-24-23-8-1-3-10-27(23)32(28(24)17-20)22-13-15-30-26(18-22)25-9-2-4-11-29(25)33-30;31-21-8-5-7-19(17-21)20-15-16-23-22-9-1-3-11-25(22)32(27(23)18-20)26-12-6-14-29-30(26)24-10-2-4-13-28(24)33-29/h2*1-18H. The Kier molecular flexibility index (Phi) is 9.34. The van der Waals surface area contributed by atoms with E-state index in [1.807, 2.05) is 23.5 Å². The second-order valence-corrected chi connectivity index (χ2v) is 19.6. The first-order chi connectivity index (χ1) is 32.5. The van der Waals surface area contributed by atoms with E-state index in [-0.39, 0.29) is 0 Å². The molecule has 0 atom stereocenters. The minimum absolute atomic E-state index is 0.913. The third-order valence-corrected chi connectivity index (χ3v) is 15.0. The van der Waals surface area contributed by atoms with Gasteiger partial charge in [-0.05, 0) is 113 Å². The predicted molar refractivity (Wildman–Crippen MR) is 288 cm³/mol. The van der Waals surface area contributed by atoms with E-state index in [4.69, 9.17) is 4.42 Å². The Morgan fingerprint density at radius 2 is 0.848 bits per heavy atom. The molecule has 10 aromatic carbocycles. The van der Waals surface area contributed by atoms with Gasteiger partial charge in [0.25, 0.3) is 0 Å². The Labute approximate surface area is 400 Å². The van der Waals surface area contributed by atoms with Gasteiger partial charge in [-0.1, -0.05) is 159 Å². The van der Waals surface area contributed by atoms with Gasteiger partial charge in [0.2, 0.25) is 0 Å². The van der Waals surface area contributed by atoms with Crippen molar-refractivity contribution >= 4 is 129 Å². The lowest BCUT2D eigenvalue weighted by Crippen LogP contribution is -1.94. The molecule has 0 saturated carbocycles. The summed E-state index contributed by atoms with van der Waals surface area (Å²) in [5.74, 6) is 0. The summed E-state index contributed by atoms with van der Waals surface area (Å²) in [6.45, 7) is 0. The van der Waals surface area contributed by atoms with E-state index in [0.29, 0.717) is 0 Å². The molecule has 14 rings (SSSR count). The summed E-state index contributed by atoms with van der Waals surface area (Å²) >= 11 is 9.11. The van der Waals surface area contributed by atoms with Crippen molar-refractivity contribution in [3.8, 4) is 33.6 Å². The predicted octanol–water partition coefficient (Wildman–Crippen LogP) is 18.7. The van der Waals surface area contributed by atoms with E-state index in [9.17, 15) is 0 Å². The van der Waals surface area contributed by atoms with Crippen molar-refractivity contribution in [1.82, 2.24) is 9.13 Å². The zero-order valence-electron chi connectivity index (χ0n) is 35.3. The summed E-state index contributed by atoms with van der Waals surface area (Å²) in [7, 11) is 0. The molecule has 6 heteroatoms. The van der Waals surface area contributed by atoms with Crippen LogP contribution in [0.15, 0.2) is 232 Å². The molecule has 0 saturated heterocycles. The zero-order chi connectivity index (χ0) is 43.9. The lowest BCUT2D eigenvalue weighted by molar-refractivity contribution is 0.669. The van der Waals surface area contributed by atoms with E-state index >= 15 is 0 Å². The first-order valence-corrected chi connectivity index (χ1v) is 24.3. The number of benzene rings is 10. The van der Waals surface area contributed by atoms with Crippen molar-refractivity contribution in [2.45, 2.75) is 0 Å². The Hall–Kier alpha value is -7.22. The highest BCUT2D eigenvalue weighted by Crippen LogP contribution is 2.42. The molecular formula is C60H36Br2N2OS. The molecule has 0 radical (unpaired) electrons. The molecule has 3 nitrogen and oxygen atoms in total. The average Bonchev–Trinajstić information content (AvgIpc) is 4.11. The van der Waals surface area contributed by atoms with Crippen molar-refractivity contribution in [1.29, 1.82) is 0 Å². The number of furan rings is 1. The number of rotatable bonds is 4. The molecule has 0 unspecified atom stereocenters. The van der Waals surface area contributed by atoms with Crippen LogP contribution in [0.4, 0.5) is 0 Å². The minimum Gasteiger partial charge on any atom is -0.456 e. The van der Waals surface area contributed by atoms with Crippen LogP contribution in [0.2, 0.25) is 0 Å². The van der Waals surface area contributed by atoms with Crippen molar-refractivity contribution in [2.75, 3.05) is 0 Å². The van der Waals surface area contributed by atoms with E-state index in [0.717, 1.165) is 36.6 Å². The normalized spacial score (nSPS) is 11.8. The number of halogens is 2. The van der Waals surface area contributed by atoms with Gasteiger partial charge in [0.1, 0.15) is 11.2 Å². The minimum atomic E-state index is 0.913. The topological polar surface area (TPSA) is 23.0 Å².